The lowest BCUT2D eigenvalue weighted by Crippen LogP contribution is -2.01. The number of nitrogens with one attached hydrogen (secondary N) is 2. The third-order valence-corrected chi connectivity index (χ3v) is 3.30. The van der Waals surface area contributed by atoms with Crippen LogP contribution in [-0.4, -0.2) is 22.8 Å². The number of nitrogens with zero attached hydrogens (tertiary/aromatic N) is 1. The van der Waals surface area contributed by atoms with E-state index in [-0.39, 0.29) is 5.78 Å². The minimum Gasteiger partial charge on any atom is -0.388 e. The van der Waals surface area contributed by atoms with Crippen molar-refractivity contribution in [3.63, 3.8) is 0 Å². The summed E-state index contributed by atoms with van der Waals surface area (Å²) in [5.41, 5.74) is 4.08. The number of anilines is 1. The van der Waals surface area contributed by atoms with Gasteiger partial charge in [-0.25, -0.2) is 4.98 Å². The van der Waals surface area contributed by atoms with E-state index >= 15 is 0 Å². The Hall–Kier alpha value is -2.62. The van der Waals surface area contributed by atoms with Crippen LogP contribution in [0.2, 0.25) is 0 Å². The van der Waals surface area contributed by atoms with E-state index < -0.39 is 0 Å². The van der Waals surface area contributed by atoms with E-state index in [2.05, 4.69) is 15.3 Å². The maximum Gasteiger partial charge on any atom is 0.193 e. The zero-order valence-electron chi connectivity index (χ0n) is 11.4. The lowest BCUT2D eigenvalue weighted by molar-refractivity contribution is 0.103. The van der Waals surface area contributed by atoms with Gasteiger partial charge in [-0.2, -0.15) is 0 Å². The first kappa shape index (κ1) is 12.4. The minimum absolute atomic E-state index is 0.00945. The van der Waals surface area contributed by atoms with E-state index in [0.717, 1.165) is 22.5 Å². The third-order valence-electron chi connectivity index (χ3n) is 3.30. The molecule has 0 atom stereocenters. The van der Waals surface area contributed by atoms with Gasteiger partial charge in [-0.3, -0.25) is 4.79 Å². The quantitative estimate of drug-likeness (QED) is 0.715. The molecule has 4 nitrogen and oxygen atoms in total. The summed E-state index contributed by atoms with van der Waals surface area (Å²) in [5, 5.41) is 3.03. The number of aryl methyl sites for hydroxylation is 1. The average Bonchev–Trinajstić information content (AvgIpc) is 2.85. The van der Waals surface area contributed by atoms with Crippen LogP contribution in [0.25, 0.3) is 11.0 Å². The van der Waals surface area contributed by atoms with Crippen LogP contribution in [0.3, 0.4) is 0 Å². The molecular weight excluding hydrogens is 250 g/mol. The lowest BCUT2D eigenvalue weighted by atomic mass is 10.0. The van der Waals surface area contributed by atoms with E-state index in [4.69, 9.17) is 0 Å². The van der Waals surface area contributed by atoms with E-state index in [9.17, 15) is 4.79 Å². The van der Waals surface area contributed by atoms with Crippen LogP contribution < -0.4 is 5.32 Å². The molecule has 2 N–H and O–H groups in total. The summed E-state index contributed by atoms with van der Waals surface area (Å²) in [7, 11) is 1.85. The topological polar surface area (TPSA) is 57.8 Å². The highest BCUT2D eigenvalue weighted by molar-refractivity contribution is 6.10. The number of ketones is 1. The summed E-state index contributed by atoms with van der Waals surface area (Å²) in [6.45, 7) is 1.90. The second-order valence-corrected chi connectivity index (χ2v) is 4.71. The fourth-order valence-corrected chi connectivity index (χ4v) is 2.23. The van der Waals surface area contributed by atoms with Gasteiger partial charge in [-0.15, -0.1) is 0 Å². The lowest BCUT2D eigenvalue weighted by Gasteiger charge is -2.03. The van der Waals surface area contributed by atoms with Gasteiger partial charge in [0.05, 0.1) is 11.0 Å². The van der Waals surface area contributed by atoms with Crippen molar-refractivity contribution in [3.8, 4) is 0 Å². The van der Waals surface area contributed by atoms with Crippen molar-refractivity contribution in [1.29, 1.82) is 0 Å². The Balaban J connectivity index is 1.98. The van der Waals surface area contributed by atoms with Crippen LogP contribution >= 0.6 is 0 Å². The molecule has 0 spiro atoms. The Morgan fingerprint density at radius 3 is 2.50 bits per heavy atom. The van der Waals surface area contributed by atoms with Gasteiger partial charge in [0.2, 0.25) is 0 Å². The van der Waals surface area contributed by atoms with Crippen molar-refractivity contribution in [3.05, 3.63) is 59.4 Å². The number of imidazole rings is 1. The molecule has 0 bridgehead atoms. The SMILES string of the molecule is CNc1ccc(C(=O)c2ccc3[nH]c(C)nc3c2)cc1. The van der Waals surface area contributed by atoms with Crippen LogP contribution in [0.15, 0.2) is 42.5 Å². The zero-order valence-corrected chi connectivity index (χ0v) is 11.4. The maximum absolute atomic E-state index is 12.4. The molecular formula is C16H15N3O. The molecule has 1 heterocycles. The number of aromatic amines is 1. The van der Waals surface area contributed by atoms with Gasteiger partial charge < -0.3 is 10.3 Å². The van der Waals surface area contributed by atoms with E-state index in [1.54, 1.807) is 0 Å². The maximum atomic E-state index is 12.4. The molecule has 0 saturated carbocycles. The van der Waals surface area contributed by atoms with Gasteiger partial charge in [0.25, 0.3) is 0 Å². The Bertz CT molecular complexity index is 772. The predicted octanol–water partition coefficient (Wildman–Crippen LogP) is 3.14. The normalized spacial score (nSPS) is 10.7. The fraction of sp³-hybridized carbons (Fsp3) is 0.125. The van der Waals surface area contributed by atoms with Crippen molar-refractivity contribution in [2.75, 3.05) is 12.4 Å². The van der Waals surface area contributed by atoms with Crippen molar-refractivity contribution >= 4 is 22.5 Å². The molecule has 0 fully saturated rings. The van der Waals surface area contributed by atoms with Crippen LogP contribution in [0.5, 0.6) is 0 Å². The summed E-state index contributed by atoms with van der Waals surface area (Å²) in [4.78, 5) is 19.9. The largest absolute Gasteiger partial charge is 0.388 e. The van der Waals surface area contributed by atoms with Gasteiger partial charge in [0.15, 0.2) is 5.78 Å². The van der Waals surface area contributed by atoms with Gasteiger partial charge in [0, 0.05) is 23.9 Å². The number of benzene rings is 2. The van der Waals surface area contributed by atoms with Crippen molar-refractivity contribution in [2.24, 2.45) is 0 Å². The van der Waals surface area contributed by atoms with E-state index in [1.165, 1.54) is 0 Å². The first-order chi connectivity index (χ1) is 9.67. The van der Waals surface area contributed by atoms with Crippen molar-refractivity contribution in [1.82, 2.24) is 9.97 Å². The highest BCUT2D eigenvalue weighted by Crippen LogP contribution is 2.17. The monoisotopic (exact) mass is 265 g/mol. The number of rotatable bonds is 3. The number of fused-ring (bicyclic) bond motifs is 1. The summed E-state index contributed by atoms with van der Waals surface area (Å²) < 4.78 is 0. The number of hydrogen-bond acceptors (Lipinski definition) is 3. The van der Waals surface area contributed by atoms with Crippen LogP contribution in [0.1, 0.15) is 21.7 Å². The highest BCUT2D eigenvalue weighted by Gasteiger charge is 2.10. The van der Waals surface area contributed by atoms with Crippen LogP contribution in [0, 0.1) is 6.92 Å². The molecule has 1 aromatic heterocycles. The number of hydrogen-bond donors (Lipinski definition) is 2. The molecule has 0 aliphatic heterocycles. The molecule has 20 heavy (non-hydrogen) atoms. The third kappa shape index (κ3) is 2.16. The van der Waals surface area contributed by atoms with Crippen molar-refractivity contribution in [2.45, 2.75) is 6.92 Å². The molecule has 3 aromatic rings. The number of H-pyrrole nitrogens is 1. The summed E-state index contributed by atoms with van der Waals surface area (Å²) in [6.07, 6.45) is 0. The standard InChI is InChI=1S/C16H15N3O/c1-10-18-14-8-5-12(9-15(14)19-10)16(20)11-3-6-13(17-2)7-4-11/h3-9,17H,1-2H3,(H,18,19). The summed E-state index contributed by atoms with van der Waals surface area (Å²) in [5.74, 6) is 0.859. The van der Waals surface area contributed by atoms with Gasteiger partial charge in [-0.05, 0) is 49.4 Å². The average molecular weight is 265 g/mol. The second-order valence-electron chi connectivity index (χ2n) is 4.71. The molecule has 0 unspecified atom stereocenters. The molecule has 0 radical (unpaired) electrons. The Morgan fingerprint density at radius 2 is 1.80 bits per heavy atom. The summed E-state index contributed by atoms with van der Waals surface area (Å²) >= 11 is 0. The molecule has 0 amide bonds. The van der Waals surface area contributed by atoms with Gasteiger partial charge in [0.1, 0.15) is 5.82 Å². The Morgan fingerprint density at radius 1 is 1.10 bits per heavy atom. The molecule has 3 rings (SSSR count). The molecule has 2 aromatic carbocycles. The fourth-order valence-electron chi connectivity index (χ4n) is 2.23. The molecule has 0 aliphatic carbocycles. The first-order valence-corrected chi connectivity index (χ1v) is 6.46. The first-order valence-electron chi connectivity index (χ1n) is 6.46. The van der Waals surface area contributed by atoms with Gasteiger partial charge in [-0.1, -0.05) is 0 Å². The highest BCUT2D eigenvalue weighted by atomic mass is 16.1. The molecule has 4 heteroatoms. The van der Waals surface area contributed by atoms with E-state index in [0.29, 0.717) is 11.1 Å². The van der Waals surface area contributed by atoms with E-state index in [1.807, 2.05) is 56.4 Å². The molecule has 100 valence electrons. The molecule has 0 aliphatic rings. The summed E-state index contributed by atoms with van der Waals surface area (Å²) in [6, 6.07) is 13.0. The van der Waals surface area contributed by atoms with Crippen LogP contribution in [0.4, 0.5) is 5.69 Å². The molecule has 0 saturated heterocycles. The Kier molecular flexibility index (Phi) is 2.99. The smallest absolute Gasteiger partial charge is 0.193 e. The Labute approximate surface area is 116 Å². The zero-order chi connectivity index (χ0) is 14.1. The number of aromatic nitrogens is 2. The number of carbonyl (C=O) groups excluding carboxylic acids is 1. The minimum atomic E-state index is 0.00945. The second kappa shape index (κ2) is 4.81. The van der Waals surface area contributed by atoms with Crippen molar-refractivity contribution < 1.29 is 4.79 Å². The predicted molar refractivity (Wildman–Crippen MR) is 80.3 cm³/mol. The number of carbonyl (C=O) groups is 1. The van der Waals surface area contributed by atoms with Crippen LogP contribution in [-0.2, 0) is 0 Å². The van der Waals surface area contributed by atoms with Gasteiger partial charge >= 0.3 is 0 Å².